The number of nitrogens with one attached hydrogen (secondary N) is 2. The molecule has 7 heteroatoms. The van der Waals surface area contributed by atoms with E-state index in [1.165, 1.54) is 0 Å². The molecule has 0 atom stereocenters. The molecule has 0 aromatic carbocycles. The minimum Gasteiger partial charge on any atom is -0.449 e. The molecule has 6 nitrogen and oxygen atoms in total. The zero-order valence-corrected chi connectivity index (χ0v) is 11.0. The number of hydrogen-bond donors (Lipinski definition) is 2. The Balaban J connectivity index is 2.17. The average molecular weight is 261 g/mol. The third-order valence-corrected chi connectivity index (χ3v) is 2.23. The van der Waals surface area contributed by atoms with Gasteiger partial charge in [-0.2, -0.15) is 0 Å². The zero-order valence-electron chi connectivity index (χ0n) is 10.2. The summed E-state index contributed by atoms with van der Waals surface area (Å²) in [4.78, 5) is 11.3. The molecule has 17 heavy (non-hydrogen) atoms. The van der Waals surface area contributed by atoms with Gasteiger partial charge in [0.25, 0.3) is 0 Å². The van der Waals surface area contributed by atoms with Crippen LogP contribution in [0.2, 0.25) is 0 Å². The van der Waals surface area contributed by atoms with Gasteiger partial charge in [-0.3, -0.25) is 10.7 Å². The van der Waals surface area contributed by atoms with Crippen molar-refractivity contribution in [3.8, 4) is 0 Å². The molecule has 0 radical (unpaired) electrons. The predicted octanol–water partition coefficient (Wildman–Crippen LogP) is 0.490. The van der Waals surface area contributed by atoms with Crippen molar-refractivity contribution >= 4 is 23.4 Å². The first-order valence-electron chi connectivity index (χ1n) is 5.65. The van der Waals surface area contributed by atoms with Crippen molar-refractivity contribution in [3.05, 3.63) is 0 Å². The van der Waals surface area contributed by atoms with Crippen molar-refractivity contribution in [2.75, 3.05) is 32.9 Å². The molecule has 1 heterocycles. The number of thiocarbonyl (C=S) groups is 1. The number of carbonyl (C=O) groups is 1. The fraction of sp³-hybridized carbons (Fsp3) is 0.800. The summed E-state index contributed by atoms with van der Waals surface area (Å²) in [7, 11) is 0. The normalized spacial score (nSPS) is 16.6. The summed E-state index contributed by atoms with van der Waals surface area (Å²) in [5.74, 6) is 0.307. The summed E-state index contributed by atoms with van der Waals surface area (Å²) in [6.45, 7) is 7.12. The first-order valence-corrected chi connectivity index (χ1v) is 6.06. The highest BCUT2D eigenvalue weighted by Gasteiger charge is 2.13. The summed E-state index contributed by atoms with van der Waals surface area (Å²) in [5, 5.41) is 4.61. The molecule has 0 aromatic rings. The third-order valence-electron chi connectivity index (χ3n) is 2.03. The van der Waals surface area contributed by atoms with Crippen LogP contribution in [0.5, 0.6) is 0 Å². The molecule has 98 valence electrons. The van der Waals surface area contributed by atoms with Crippen LogP contribution in [0, 0.1) is 5.92 Å². The van der Waals surface area contributed by atoms with Gasteiger partial charge in [0, 0.05) is 13.1 Å². The van der Waals surface area contributed by atoms with Crippen LogP contribution in [0.15, 0.2) is 0 Å². The van der Waals surface area contributed by atoms with E-state index in [1.807, 2.05) is 18.9 Å². The second kappa shape index (κ2) is 7.41. The number of morpholine rings is 1. The minimum atomic E-state index is -0.524. The number of rotatable bonds is 3. The van der Waals surface area contributed by atoms with E-state index in [9.17, 15) is 4.79 Å². The fourth-order valence-corrected chi connectivity index (χ4v) is 1.43. The van der Waals surface area contributed by atoms with E-state index in [-0.39, 0.29) is 5.11 Å². The Morgan fingerprint density at radius 1 is 1.47 bits per heavy atom. The van der Waals surface area contributed by atoms with Crippen molar-refractivity contribution in [3.63, 3.8) is 0 Å². The van der Waals surface area contributed by atoms with E-state index in [0.717, 1.165) is 13.1 Å². The highest BCUT2D eigenvalue weighted by molar-refractivity contribution is 7.80. The summed E-state index contributed by atoms with van der Waals surface area (Å²) < 4.78 is 10.1. The lowest BCUT2D eigenvalue weighted by molar-refractivity contribution is 0.0246. The summed E-state index contributed by atoms with van der Waals surface area (Å²) in [6.07, 6.45) is -0.524. The SMILES string of the molecule is CC(C)COC(=O)NC(=S)NN1CCOCC1. The largest absolute Gasteiger partial charge is 0.449 e. The van der Waals surface area contributed by atoms with Gasteiger partial charge in [0.1, 0.15) is 0 Å². The Hall–Kier alpha value is -0.920. The Kier molecular flexibility index (Phi) is 6.17. The van der Waals surface area contributed by atoms with E-state index in [2.05, 4.69) is 10.7 Å². The standard InChI is InChI=1S/C10H19N3O3S/c1-8(2)7-16-10(14)11-9(17)12-13-3-5-15-6-4-13/h8H,3-7H2,1-2H3,(H2,11,12,14,17). The van der Waals surface area contributed by atoms with Gasteiger partial charge in [-0.25, -0.2) is 9.80 Å². The number of ether oxygens (including phenoxy) is 2. The molecule has 0 aromatic heterocycles. The maximum Gasteiger partial charge on any atom is 0.413 e. The Morgan fingerprint density at radius 2 is 2.12 bits per heavy atom. The van der Waals surface area contributed by atoms with Crippen LogP contribution in [0.1, 0.15) is 13.8 Å². The highest BCUT2D eigenvalue weighted by Crippen LogP contribution is 1.94. The van der Waals surface area contributed by atoms with Crippen molar-refractivity contribution in [2.24, 2.45) is 5.92 Å². The predicted molar refractivity (Wildman–Crippen MR) is 67.4 cm³/mol. The van der Waals surface area contributed by atoms with Crippen molar-refractivity contribution in [2.45, 2.75) is 13.8 Å². The summed E-state index contributed by atoms with van der Waals surface area (Å²) in [5.41, 5.74) is 2.91. The van der Waals surface area contributed by atoms with Crippen LogP contribution in [-0.4, -0.2) is 49.1 Å². The van der Waals surface area contributed by atoms with E-state index in [4.69, 9.17) is 21.7 Å². The zero-order chi connectivity index (χ0) is 12.7. The van der Waals surface area contributed by atoms with Gasteiger partial charge in [-0.05, 0) is 18.1 Å². The molecule has 0 aliphatic carbocycles. The maximum atomic E-state index is 11.3. The molecule has 1 fully saturated rings. The van der Waals surface area contributed by atoms with Crippen molar-refractivity contribution < 1.29 is 14.3 Å². The lowest BCUT2D eigenvalue weighted by Crippen LogP contribution is -2.52. The second-order valence-electron chi connectivity index (χ2n) is 4.16. The van der Waals surface area contributed by atoms with Crippen LogP contribution in [0.3, 0.4) is 0 Å². The molecule has 1 aliphatic rings. The molecule has 1 amide bonds. The third kappa shape index (κ3) is 6.40. The molecule has 2 N–H and O–H groups in total. The number of carbonyl (C=O) groups excluding carboxylic acids is 1. The lowest BCUT2D eigenvalue weighted by Gasteiger charge is -2.27. The summed E-state index contributed by atoms with van der Waals surface area (Å²) in [6, 6.07) is 0. The molecule has 0 saturated carbocycles. The van der Waals surface area contributed by atoms with Crippen LogP contribution >= 0.6 is 12.2 Å². The number of hydrogen-bond acceptors (Lipinski definition) is 5. The number of nitrogens with zero attached hydrogens (tertiary/aromatic N) is 1. The topological polar surface area (TPSA) is 62.8 Å². The van der Waals surface area contributed by atoms with E-state index in [1.54, 1.807) is 0 Å². The molecule has 1 aliphatic heterocycles. The molecule has 0 unspecified atom stereocenters. The molecular weight excluding hydrogens is 242 g/mol. The summed E-state index contributed by atoms with van der Waals surface area (Å²) >= 11 is 4.99. The highest BCUT2D eigenvalue weighted by atomic mass is 32.1. The number of amides is 1. The van der Waals surface area contributed by atoms with E-state index >= 15 is 0 Å². The molecule has 0 spiro atoms. The Labute approximate surface area is 107 Å². The van der Waals surface area contributed by atoms with Gasteiger partial charge in [0.2, 0.25) is 0 Å². The van der Waals surface area contributed by atoms with Crippen LogP contribution < -0.4 is 10.7 Å². The molecule has 1 rings (SSSR count). The average Bonchev–Trinajstić information content (AvgIpc) is 2.27. The quantitative estimate of drug-likeness (QED) is 0.721. The molecular formula is C10H19N3O3S. The van der Waals surface area contributed by atoms with Gasteiger partial charge >= 0.3 is 6.09 Å². The molecule has 1 saturated heterocycles. The first-order chi connectivity index (χ1) is 8.08. The van der Waals surface area contributed by atoms with Gasteiger partial charge in [0.15, 0.2) is 5.11 Å². The van der Waals surface area contributed by atoms with E-state index < -0.39 is 6.09 Å². The van der Waals surface area contributed by atoms with Gasteiger partial charge in [-0.15, -0.1) is 0 Å². The number of hydrazine groups is 1. The van der Waals surface area contributed by atoms with Gasteiger partial charge in [-0.1, -0.05) is 13.8 Å². The Bertz CT molecular complexity index is 268. The van der Waals surface area contributed by atoms with Crippen LogP contribution in [0.25, 0.3) is 0 Å². The van der Waals surface area contributed by atoms with Crippen LogP contribution in [-0.2, 0) is 9.47 Å². The molecule has 0 bridgehead atoms. The number of alkyl carbamates (subject to hydrolysis) is 1. The Morgan fingerprint density at radius 3 is 2.71 bits per heavy atom. The minimum absolute atomic E-state index is 0.251. The van der Waals surface area contributed by atoms with E-state index in [0.29, 0.717) is 25.7 Å². The van der Waals surface area contributed by atoms with Gasteiger partial charge < -0.3 is 9.47 Å². The van der Waals surface area contributed by atoms with Crippen molar-refractivity contribution in [1.82, 2.24) is 15.8 Å². The first kappa shape index (κ1) is 14.1. The maximum absolute atomic E-state index is 11.3. The smallest absolute Gasteiger partial charge is 0.413 e. The van der Waals surface area contributed by atoms with Crippen molar-refractivity contribution in [1.29, 1.82) is 0 Å². The van der Waals surface area contributed by atoms with Crippen LogP contribution in [0.4, 0.5) is 4.79 Å². The fourth-order valence-electron chi connectivity index (χ4n) is 1.22. The second-order valence-corrected chi connectivity index (χ2v) is 4.57. The monoisotopic (exact) mass is 261 g/mol. The lowest BCUT2D eigenvalue weighted by atomic mass is 10.2. The van der Waals surface area contributed by atoms with Gasteiger partial charge in [0.05, 0.1) is 19.8 Å².